The predicted molar refractivity (Wildman–Crippen MR) is 181 cm³/mol. The number of carbonyl (C=O) groups excluding carboxylic acids is 1. The number of rotatable bonds is 15. The zero-order chi connectivity index (χ0) is 34.6. The molecule has 2 atom stereocenters. The second-order valence-electron chi connectivity index (χ2n) is 12.9. The monoisotopic (exact) mass is 676 g/mol. The fourth-order valence-electron chi connectivity index (χ4n) is 6.11. The lowest BCUT2D eigenvalue weighted by atomic mass is 9.82. The van der Waals surface area contributed by atoms with E-state index in [-0.39, 0.29) is 19.3 Å². The van der Waals surface area contributed by atoms with Gasteiger partial charge in [0.25, 0.3) is 0 Å². The fourth-order valence-corrected chi connectivity index (χ4v) is 6.11. The molecule has 0 aromatic carbocycles. The summed E-state index contributed by atoms with van der Waals surface area (Å²) in [5.74, 6) is 2.01. The van der Waals surface area contributed by atoms with Crippen LogP contribution in [0.15, 0.2) is 30.5 Å². The lowest BCUT2D eigenvalue weighted by Gasteiger charge is -2.32. The summed E-state index contributed by atoms with van der Waals surface area (Å²) >= 11 is 0. The van der Waals surface area contributed by atoms with Gasteiger partial charge in [-0.2, -0.15) is 5.26 Å². The summed E-state index contributed by atoms with van der Waals surface area (Å²) in [5.41, 5.74) is 2.53. The number of ether oxygens (including phenoxy) is 4. The minimum Gasteiger partial charge on any atom is -0.435 e. The molecule has 5 rings (SSSR count). The van der Waals surface area contributed by atoms with Gasteiger partial charge < -0.3 is 34.9 Å². The first-order valence-corrected chi connectivity index (χ1v) is 17.1. The van der Waals surface area contributed by atoms with E-state index >= 15 is 0 Å². The average Bonchev–Trinajstić information content (AvgIpc) is 3.59. The van der Waals surface area contributed by atoms with Crippen LogP contribution < -0.4 is 16.0 Å². The Labute approximate surface area is 287 Å². The summed E-state index contributed by atoms with van der Waals surface area (Å²) in [6.45, 7) is 10.2. The first-order valence-electron chi connectivity index (χ1n) is 17.1. The van der Waals surface area contributed by atoms with Gasteiger partial charge in [-0.05, 0) is 95.2 Å². The number of aromatic nitrogens is 6. The van der Waals surface area contributed by atoms with Gasteiger partial charge in [0.2, 0.25) is 12.1 Å². The standard InChI is InChI=1S/C34H48N10O5/c1-5-48-33(45)49-25(4)44-42-32(41-43-44)20-47-19-24(3)38-26-9-11-27(12-10-26)39-31-17-28(23(2)18-36-31)29-7-6-8-30(40-29)37-22-34(21-35)13-15-46-16-14-34/h6-8,17-18,24-27,38H,5,9-16,19-20,22H2,1-4H3,(H,36,39)(H,37,40)/t24-,25-,26-,27-/m1/s1. The SMILES string of the molecule is CCOC(=O)O[C@H](C)n1nnc(COC[C@@H](C)N[C@H]2CC[C@H](Nc3cc(-c4cccc(NCC5(C#N)CCOCC5)n4)c(C)cn3)CC2)n1. The van der Waals surface area contributed by atoms with Crippen LogP contribution in [0, 0.1) is 23.7 Å². The highest BCUT2D eigenvalue weighted by Gasteiger charge is 2.32. The van der Waals surface area contributed by atoms with Gasteiger partial charge in [0.15, 0.2) is 0 Å². The van der Waals surface area contributed by atoms with Crippen LogP contribution in [0.2, 0.25) is 0 Å². The summed E-state index contributed by atoms with van der Waals surface area (Å²) in [6.07, 6.45) is 5.97. The first-order chi connectivity index (χ1) is 23.8. The van der Waals surface area contributed by atoms with Crippen LogP contribution in [-0.2, 0) is 25.6 Å². The number of hydrogen-bond donors (Lipinski definition) is 3. The lowest BCUT2D eigenvalue weighted by molar-refractivity contribution is -0.00552. The average molecular weight is 677 g/mol. The van der Waals surface area contributed by atoms with Crippen molar-refractivity contribution >= 4 is 17.8 Å². The van der Waals surface area contributed by atoms with Crippen molar-refractivity contribution in [1.29, 1.82) is 5.26 Å². The van der Waals surface area contributed by atoms with Gasteiger partial charge in [0.1, 0.15) is 18.2 Å². The quantitative estimate of drug-likeness (QED) is 0.187. The van der Waals surface area contributed by atoms with E-state index in [2.05, 4.69) is 55.4 Å². The van der Waals surface area contributed by atoms with Crippen LogP contribution in [0.3, 0.4) is 0 Å². The van der Waals surface area contributed by atoms with Crippen molar-refractivity contribution < 1.29 is 23.7 Å². The number of hydrogen-bond acceptors (Lipinski definition) is 14. The van der Waals surface area contributed by atoms with E-state index < -0.39 is 17.8 Å². The van der Waals surface area contributed by atoms with E-state index in [1.165, 1.54) is 4.80 Å². The Morgan fingerprint density at radius 3 is 2.69 bits per heavy atom. The van der Waals surface area contributed by atoms with Crippen LogP contribution >= 0.6 is 0 Å². The second-order valence-corrected chi connectivity index (χ2v) is 12.9. The van der Waals surface area contributed by atoms with Gasteiger partial charge in [-0.1, -0.05) is 6.07 Å². The van der Waals surface area contributed by atoms with E-state index in [1.807, 2.05) is 31.3 Å². The summed E-state index contributed by atoms with van der Waals surface area (Å²) < 4.78 is 21.2. The van der Waals surface area contributed by atoms with Crippen molar-refractivity contribution in [2.45, 2.75) is 97.2 Å². The van der Waals surface area contributed by atoms with Gasteiger partial charge in [-0.3, -0.25) is 0 Å². The van der Waals surface area contributed by atoms with Crippen LogP contribution in [0.1, 0.15) is 76.9 Å². The molecule has 49 heavy (non-hydrogen) atoms. The van der Waals surface area contributed by atoms with Crippen molar-refractivity contribution in [2.75, 3.05) is 43.6 Å². The molecule has 3 aromatic rings. The van der Waals surface area contributed by atoms with Crippen molar-refractivity contribution in [3.05, 3.63) is 41.9 Å². The molecule has 0 spiro atoms. The molecule has 2 fully saturated rings. The smallest absolute Gasteiger partial charge is 0.435 e. The zero-order valence-corrected chi connectivity index (χ0v) is 28.9. The van der Waals surface area contributed by atoms with Crippen LogP contribution in [0.25, 0.3) is 11.3 Å². The molecule has 3 aromatic heterocycles. The van der Waals surface area contributed by atoms with Crippen LogP contribution in [-0.4, -0.2) is 87.4 Å². The molecule has 2 aliphatic rings. The largest absolute Gasteiger partial charge is 0.510 e. The second kappa shape index (κ2) is 17.3. The molecule has 15 heteroatoms. The molecule has 4 heterocycles. The Kier molecular flexibility index (Phi) is 12.7. The summed E-state index contributed by atoms with van der Waals surface area (Å²) in [7, 11) is 0. The third-order valence-electron chi connectivity index (χ3n) is 8.95. The van der Waals surface area contributed by atoms with Gasteiger partial charge in [-0.15, -0.1) is 15.0 Å². The number of nitriles is 1. The Hall–Kier alpha value is -4.39. The molecule has 1 aliphatic carbocycles. The van der Waals surface area contributed by atoms with Gasteiger partial charge in [-0.25, -0.2) is 14.8 Å². The van der Waals surface area contributed by atoms with E-state index in [9.17, 15) is 10.1 Å². The molecule has 0 radical (unpaired) electrons. The number of pyridine rings is 2. The third-order valence-corrected chi connectivity index (χ3v) is 8.95. The maximum absolute atomic E-state index is 11.5. The number of nitrogens with zero attached hydrogens (tertiary/aromatic N) is 7. The van der Waals surface area contributed by atoms with Crippen LogP contribution in [0.5, 0.6) is 0 Å². The molecule has 1 saturated heterocycles. The maximum atomic E-state index is 11.5. The Bertz CT molecular complexity index is 1550. The number of carbonyl (C=O) groups is 1. The normalized spacial score (nSPS) is 20.1. The molecular formula is C34H48N10O5. The summed E-state index contributed by atoms with van der Waals surface area (Å²) in [5, 5.41) is 32.7. The Morgan fingerprint density at radius 1 is 1.16 bits per heavy atom. The molecule has 1 saturated carbocycles. The minimum absolute atomic E-state index is 0.150. The predicted octanol–water partition coefficient (Wildman–Crippen LogP) is 4.78. The molecule has 3 N–H and O–H groups in total. The van der Waals surface area contributed by atoms with Crippen molar-refractivity contribution in [3.8, 4) is 17.3 Å². The summed E-state index contributed by atoms with van der Waals surface area (Å²) in [6, 6.07) is 11.4. The number of aryl methyl sites for hydroxylation is 1. The molecule has 0 unspecified atom stereocenters. The topological polar surface area (TPSA) is 183 Å². The van der Waals surface area contributed by atoms with Crippen molar-refractivity contribution in [3.63, 3.8) is 0 Å². The minimum atomic E-state index is -0.780. The molecule has 15 nitrogen and oxygen atoms in total. The maximum Gasteiger partial charge on any atom is 0.510 e. The zero-order valence-electron chi connectivity index (χ0n) is 28.9. The van der Waals surface area contributed by atoms with E-state index in [4.69, 9.17) is 23.9 Å². The van der Waals surface area contributed by atoms with E-state index in [0.29, 0.717) is 44.3 Å². The van der Waals surface area contributed by atoms with Gasteiger partial charge in [0.05, 0.1) is 30.4 Å². The van der Waals surface area contributed by atoms with E-state index in [0.717, 1.165) is 67.0 Å². The number of nitrogens with one attached hydrogen (secondary N) is 3. The third kappa shape index (κ3) is 10.3. The van der Waals surface area contributed by atoms with Gasteiger partial charge >= 0.3 is 6.16 Å². The number of anilines is 2. The Morgan fingerprint density at radius 2 is 1.94 bits per heavy atom. The van der Waals surface area contributed by atoms with Crippen molar-refractivity contribution in [2.24, 2.45) is 5.41 Å². The molecule has 1 aliphatic heterocycles. The molecule has 0 amide bonds. The Balaban J connectivity index is 1.04. The highest BCUT2D eigenvalue weighted by Crippen LogP contribution is 2.31. The highest BCUT2D eigenvalue weighted by atomic mass is 16.7. The van der Waals surface area contributed by atoms with Gasteiger partial charge in [0, 0.05) is 49.6 Å². The fraction of sp³-hybridized carbons (Fsp3) is 0.618. The lowest BCUT2D eigenvalue weighted by Crippen LogP contribution is -2.43. The highest BCUT2D eigenvalue weighted by molar-refractivity contribution is 5.68. The van der Waals surface area contributed by atoms with Crippen LogP contribution in [0.4, 0.5) is 16.4 Å². The molecule has 264 valence electrons. The molecular weight excluding hydrogens is 628 g/mol. The first kappa shape index (κ1) is 35.9. The number of tetrazole rings is 1. The van der Waals surface area contributed by atoms with Crippen molar-refractivity contribution in [1.82, 2.24) is 35.5 Å². The van der Waals surface area contributed by atoms with E-state index in [1.54, 1.807) is 13.8 Å². The molecule has 0 bridgehead atoms. The summed E-state index contributed by atoms with van der Waals surface area (Å²) in [4.78, 5) is 22.3.